The van der Waals surface area contributed by atoms with Crippen molar-refractivity contribution >= 4 is 0 Å². The average Bonchev–Trinajstić information content (AvgIpc) is 3.01. The van der Waals surface area contributed by atoms with E-state index in [1.54, 1.807) is 0 Å². The van der Waals surface area contributed by atoms with E-state index >= 15 is 0 Å². The molecule has 15 heavy (non-hydrogen) atoms. The van der Waals surface area contributed by atoms with Crippen LogP contribution in [-0.4, -0.2) is 11.1 Å². The monoisotopic (exact) mass is 206 g/mol. The van der Waals surface area contributed by atoms with Crippen LogP contribution in [0.15, 0.2) is 12.3 Å². The van der Waals surface area contributed by atoms with E-state index < -0.39 is 0 Å². The smallest absolute Gasteiger partial charge is 0.141 e. The minimum absolute atomic E-state index is 0.394. The molecule has 1 heterocycles. The SMILES string of the molecule is CC(C)c1ncc(CN)cc1OC1CC1. The van der Waals surface area contributed by atoms with Crippen LogP contribution in [-0.2, 0) is 6.54 Å². The lowest BCUT2D eigenvalue weighted by molar-refractivity contribution is 0.296. The van der Waals surface area contributed by atoms with Gasteiger partial charge in [0.25, 0.3) is 0 Å². The molecule has 0 bridgehead atoms. The molecule has 0 unspecified atom stereocenters. The molecule has 0 aliphatic heterocycles. The fourth-order valence-corrected chi connectivity index (χ4v) is 1.50. The molecule has 0 spiro atoms. The molecule has 0 aromatic carbocycles. The molecule has 0 saturated heterocycles. The third-order valence-corrected chi connectivity index (χ3v) is 2.54. The summed E-state index contributed by atoms with van der Waals surface area (Å²) in [6.45, 7) is 4.78. The van der Waals surface area contributed by atoms with Crippen molar-refractivity contribution in [2.75, 3.05) is 0 Å². The predicted octanol–water partition coefficient (Wildman–Crippen LogP) is 2.20. The van der Waals surface area contributed by atoms with Crippen molar-refractivity contribution in [3.8, 4) is 5.75 Å². The Morgan fingerprint density at radius 2 is 2.27 bits per heavy atom. The van der Waals surface area contributed by atoms with E-state index in [9.17, 15) is 0 Å². The highest BCUT2D eigenvalue weighted by Gasteiger charge is 2.25. The minimum Gasteiger partial charge on any atom is -0.488 e. The van der Waals surface area contributed by atoms with Crippen LogP contribution in [0.2, 0.25) is 0 Å². The number of hydrogen-bond acceptors (Lipinski definition) is 3. The first kappa shape index (κ1) is 10.4. The Morgan fingerprint density at radius 1 is 1.53 bits per heavy atom. The average molecular weight is 206 g/mol. The summed E-state index contributed by atoms with van der Waals surface area (Å²) in [5, 5.41) is 0. The van der Waals surface area contributed by atoms with Crippen molar-refractivity contribution in [1.82, 2.24) is 4.98 Å². The summed E-state index contributed by atoms with van der Waals surface area (Å²) in [4.78, 5) is 4.42. The normalized spacial score (nSPS) is 15.7. The summed E-state index contributed by atoms with van der Waals surface area (Å²) in [6, 6.07) is 2.03. The number of nitrogens with two attached hydrogens (primary N) is 1. The molecule has 0 radical (unpaired) electrons. The molecule has 3 heteroatoms. The Kier molecular flexibility index (Phi) is 2.91. The van der Waals surface area contributed by atoms with Gasteiger partial charge in [-0.05, 0) is 30.4 Å². The minimum atomic E-state index is 0.394. The molecule has 1 aliphatic carbocycles. The molecule has 1 aliphatic rings. The van der Waals surface area contributed by atoms with Gasteiger partial charge in [0.05, 0.1) is 11.8 Å². The van der Waals surface area contributed by atoms with Crippen LogP contribution in [0.1, 0.15) is 43.9 Å². The van der Waals surface area contributed by atoms with Crippen LogP contribution in [0.3, 0.4) is 0 Å². The van der Waals surface area contributed by atoms with E-state index in [0.29, 0.717) is 18.6 Å². The van der Waals surface area contributed by atoms with E-state index in [4.69, 9.17) is 10.5 Å². The van der Waals surface area contributed by atoms with Crippen molar-refractivity contribution in [3.63, 3.8) is 0 Å². The van der Waals surface area contributed by atoms with Gasteiger partial charge in [-0.2, -0.15) is 0 Å². The summed E-state index contributed by atoms with van der Waals surface area (Å²) >= 11 is 0. The zero-order valence-electron chi connectivity index (χ0n) is 9.36. The van der Waals surface area contributed by atoms with Crippen LogP contribution in [0, 0.1) is 0 Å². The number of aromatic nitrogens is 1. The van der Waals surface area contributed by atoms with Crippen molar-refractivity contribution in [2.45, 2.75) is 45.3 Å². The Labute approximate surface area is 90.7 Å². The van der Waals surface area contributed by atoms with Crippen LogP contribution in [0.25, 0.3) is 0 Å². The fraction of sp³-hybridized carbons (Fsp3) is 0.583. The number of hydrogen-bond donors (Lipinski definition) is 1. The van der Waals surface area contributed by atoms with Gasteiger partial charge in [0, 0.05) is 12.7 Å². The van der Waals surface area contributed by atoms with E-state index in [1.165, 1.54) is 12.8 Å². The maximum Gasteiger partial charge on any atom is 0.141 e. The van der Waals surface area contributed by atoms with E-state index in [1.807, 2.05) is 12.3 Å². The van der Waals surface area contributed by atoms with Gasteiger partial charge in [0.15, 0.2) is 0 Å². The lowest BCUT2D eigenvalue weighted by Gasteiger charge is -2.13. The van der Waals surface area contributed by atoms with Crippen molar-refractivity contribution in [2.24, 2.45) is 5.73 Å². The second-order valence-electron chi connectivity index (χ2n) is 4.40. The molecule has 2 rings (SSSR count). The molecule has 2 N–H and O–H groups in total. The quantitative estimate of drug-likeness (QED) is 0.821. The second kappa shape index (κ2) is 4.19. The number of nitrogens with zero attached hydrogens (tertiary/aromatic N) is 1. The standard InChI is InChI=1S/C12H18N2O/c1-8(2)12-11(15-10-3-4-10)5-9(6-13)7-14-12/h5,7-8,10H,3-4,6,13H2,1-2H3. The number of rotatable bonds is 4. The highest BCUT2D eigenvalue weighted by atomic mass is 16.5. The van der Waals surface area contributed by atoms with E-state index in [2.05, 4.69) is 18.8 Å². The molecular weight excluding hydrogens is 188 g/mol. The zero-order valence-corrected chi connectivity index (χ0v) is 9.36. The lowest BCUT2D eigenvalue weighted by Crippen LogP contribution is -2.06. The van der Waals surface area contributed by atoms with Gasteiger partial charge in [-0.3, -0.25) is 4.98 Å². The van der Waals surface area contributed by atoms with Gasteiger partial charge in [-0.15, -0.1) is 0 Å². The van der Waals surface area contributed by atoms with Gasteiger partial charge in [0.1, 0.15) is 5.75 Å². The Morgan fingerprint density at radius 3 is 2.80 bits per heavy atom. The van der Waals surface area contributed by atoms with Gasteiger partial charge in [-0.1, -0.05) is 13.8 Å². The first-order valence-corrected chi connectivity index (χ1v) is 5.56. The van der Waals surface area contributed by atoms with Crippen LogP contribution < -0.4 is 10.5 Å². The largest absolute Gasteiger partial charge is 0.488 e. The molecular formula is C12H18N2O. The zero-order chi connectivity index (χ0) is 10.8. The van der Waals surface area contributed by atoms with Crippen molar-refractivity contribution in [1.29, 1.82) is 0 Å². The van der Waals surface area contributed by atoms with Gasteiger partial charge >= 0.3 is 0 Å². The summed E-state index contributed by atoms with van der Waals surface area (Å²) in [7, 11) is 0. The molecule has 1 aromatic heterocycles. The van der Waals surface area contributed by atoms with E-state index in [0.717, 1.165) is 17.0 Å². The second-order valence-corrected chi connectivity index (χ2v) is 4.40. The van der Waals surface area contributed by atoms with Crippen LogP contribution in [0.5, 0.6) is 5.75 Å². The molecule has 0 atom stereocenters. The first-order valence-electron chi connectivity index (χ1n) is 5.56. The summed E-state index contributed by atoms with van der Waals surface area (Å²) in [6.07, 6.45) is 4.60. The first-order chi connectivity index (χ1) is 7.20. The van der Waals surface area contributed by atoms with Crippen molar-refractivity contribution < 1.29 is 4.74 Å². The Balaban J connectivity index is 2.26. The molecule has 1 aromatic rings. The summed E-state index contributed by atoms with van der Waals surface area (Å²) < 4.78 is 5.84. The highest BCUT2D eigenvalue weighted by molar-refractivity contribution is 5.34. The fourth-order valence-electron chi connectivity index (χ4n) is 1.50. The Hall–Kier alpha value is -1.09. The van der Waals surface area contributed by atoms with Crippen LogP contribution in [0.4, 0.5) is 0 Å². The molecule has 1 fully saturated rings. The maximum absolute atomic E-state index is 5.84. The molecule has 1 saturated carbocycles. The van der Waals surface area contributed by atoms with Gasteiger partial charge < -0.3 is 10.5 Å². The van der Waals surface area contributed by atoms with E-state index in [-0.39, 0.29) is 0 Å². The third kappa shape index (κ3) is 2.48. The van der Waals surface area contributed by atoms with Gasteiger partial charge in [-0.25, -0.2) is 0 Å². The number of pyridine rings is 1. The molecule has 0 amide bonds. The molecule has 3 nitrogen and oxygen atoms in total. The summed E-state index contributed by atoms with van der Waals surface area (Å²) in [5.74, 6) is 1.32. The lowest BCUT2D eigenvalue weighted by atomic mass is 10.1. The van der Waals surface area contributed by atoms with Crippen LogP contribution >= 0.6 is 0 Å². The highest BCUT2D eigenvalue weighted by Crippen LogP contribution is 2.31. The molecule has 82 valence electrons. The predicted molar refractivity (Wildman–Crippen MR) is 59.9 cm³/mol. The van der Waals surface area contributed by atoms with Crippen molar-refractivity contribution in [3.05, 3.63) is 23.5 Å². The topological polar surface area (TPSA) is 48.1 Å². The number of ether oxygens (including phenoxy) is 1. The third-order valence-electron chi connectivity index (χ3n) is 2.54. The van der Waals surface area contributed by atoms with Gasteiger partial charge in [0.2, 0.25) is 0 Å². The summed E-state index contributed by atoms with van der Waals surface area (Å²) in [5.41, 5.74) is 7.67. The maximum atomic E-state index is 5.84. The Bertz CT molecular complexity index is 345.